The maximum absolute atomic E-state index is 12.5. The molecule has 2 aliphatic rings. The molecule has 0 aliphatic carbocycles. The summed E-state index contributed by atoms with van der Waals surface area (Å²) in [5.41, 5.74) is 7.15. The van der Waals surface area contributed by atoms with Gasteiger partial charge in [0.05, 0.1) is 6.04 Å². The van der Waals surface area contributed by atoms with Crippen LogP contribution in [0, 0.1) is 11.8 Å². The molecule has 2 N–H and O–H groups in total. The van der Waals surface area contributed by atoms with Crippen LogP contribution in [0.2, 0.25) is 0 Å². The van der Waals surface area contributed by atoms with Crippen LogP contribution in [0.3, 0.4) is 0 Å². The third kappa shape index (κ3) is 2.92. The van der Waals surface area contributed by atoms with Crippen LogP contribution >= 0.6 is 12.4 Å². The van der Waals surface area contributed by atoms with Crippen molar-refractivity contribution in [2.45, 2.75) is 38.8 Å². The Morgan fingerprint density at radius 3 is 2.68 bits per heavy atom. The molecule has 5 nitrogen and oxygen atoms in total. The summed E-state index contributed by atoms with van der Waals surface area (Å²) in [7, 11) is 0. The average Bonchev–Trinajstić information content (AvgIpc) is 2.46. The van der Waals surface area contributed by atoms with Crippen LogP contribution in [0.25, 0.3) is 0 Å². The number of amides is 1. The Kier molecular flexibility index (Phi) is 4.97. The molecule has 6 heteroatoms. The average molecular weight is 326 g/mol. The van der Waals surface area contributed by atoms with E-state index in [1.165, 1.54) is 0 Å². The second-order valence-corrected chi connectivity index (χ2v) is 6.71. The van der Waals surface area contributed by atoms with E-state index in [0.29, 0.717) is 19.0 Å². The number of carbonyl (C=O) groups is 1. The summed E-state index contributed by atoms with van der Waals surface area (Å²) in [6, 6.07) is 5.01. The normalized spacial score (nSPS) is 24.5. The lowest BCUT2D eigenvalue weighted by molar-refractivity contribution is -0.136. The number of carbonyl (C=O) groups excluding carboxylic acids is 1. The molecule has 3 atom stereocenters. The highest BCUT2D eigenvalue weighted by Crippen LogP contribution is 2.35. The van der Waals surface area contributed by atoms with Crippen molar-refractivity contribution in [1.29, 1.82) is 0 Å². The van der Waals surface area contributed by atoms with Crippen LogP contribution < -0.4 is 11.3 Å². The standard InChI is InChI=1S/C16H23N3O2.ClH/c1-10(2)15(17)16(21)18-7-11-6-12(9-18)13-4-3-5-14(20)19(13)8-11;/h3-5,10-12,15H,6-9,17H2,1-2H3;1H. The molecular weight excluding hydrogens is 302 g/mol. The van der Waals surface area contributed by atoms with Crippen LogP contribution in [0.1, 0.15) is 31.9 Å². The van der Waals surface area contributed by atoms with Gasteiger partial charge < -0.3 is 15.2 Å². The lowest BCUT2D eigenvalue weighted by Crippen LogP contribution is -2.54. The Hall–Kier alpha value is -1.33. The summed E-state index contributed by atoms with van der Waals surface area (Å²) < 4.78 is 1.88. The van der Waals surface area contributed by atoms with Crippen molar-refractivity contribution in [1.82, 2.24) is 9.47 Å². The SMILES string of the molecule is CC(C)C(N)C(=O)N1CC2CC(C1)c1cccc(=O)n1C2.Cl. The van der Waals surface area contributed by atoms with E-state index in [-0.39, 0.29) is 35.7 Å². The molecule has 3 heterocycles. The van der Waals surface area contributed by atoms with Crippen molar-refractivity contribution in [3.05, 3.63) is 34.2 Å². The van der Waals surface area contributed by atoms with Gasteiger partial charge in [0.1, 0.15) is 0 Å². The molecule has 2 aliphatic heterocycles. The van der Waals surface area contributed by atoms with Gasteiger partial charge in [-0.15, -0.1) is 12.4 Å². The first kappa shape index (κ1) is 17.0. The summed E-state index contributed by atoms with van der Waals surface area (Å²) in [4.78, 5) is 26.4. The summed E-state index contributed by atoms with van der Waals surface area (Å²) in [6.07, 6.45) is 1.06. The molecule has 0 aromatic carbocycles. The Balaban J connectivity index is 0.00000176. The fraction of sp³-hybridized carbons (Fsp3) is 0.625. The van der Waals surface area contributed by atoms with E-state index in [9.17, 15) is 9.59 Å². The number of hydrogen-bond donors (Lipinski definition) is 1. The lowest BCUT2D eigenvalue weighted by atomic mass is 9.82. The zero-order valence-corrected chi connectivity index (χ0v) is 13.9. The van der Waals surface area contributed by atoms with E-state index >= 15 is 0 Å². The van der Waals surface area contributed by atoms with E-state index < -0.39 is 6.04 Å². The zero-order valence-electron chi connectivity index (χ0n) is 13.1. The zero-order chi connectivity index (χ0) is 15.1. The summed E-state index contributed by atoms with van der Waals surface area (Å²) in [5, 5.41) is 0. The van der Waals surface area contributed by atoms with Crippen LogP contribution in [0.4, 0.5) is 0 Å². The molecule has 1 amide bonds. The highest BCUT2D eigenvalue weighted by Gasteiger charge is 2.37. The lowest BCUT2D eigenvalue weighted by Gasteiger charge is -2.43. The third-order valence-electron chi connectivity index (χ3n) is 4.79. The number of fused-ring (bicyclic) bond motifs is 4. The van der Waals surface area contributed by atoms with E-state index in [2.05, 4.69) is 0 Å². The quantitative estimate of drug-likeness (QED) is 0.888. The number of hydrogen-bond acceptors (Lipinski definition) is 3. The van der Waals surface area contributed by atoms with Crippen molar-refractivity contribution in [2.24, 2.45) is 17.6 Å². The number of nitrogens with zero attached hydrogens (tertiary/aromatic N) is 2. The third-order valence-corrected chi connectivity index (χ3v) is 4.79. The predicted octanol–water partition coefficient (Wildman–Crippen LogP) is 1.20. The topological polar surface area (TPSA) is 68.3 Å². The molecule has 1 fully saturated rings. The molecule has 0 radical (unpaired) electrons. The predicted molar refractivity (Wildman–Crippen MR) is 88.2 cm³/mol. The molecule has 1 aromatic rings. The minimum absolute atomic E-state index is 0. The van der Waals surface area contributed by atoms with Gasteiger partial charge in [0.25, 0.3) is 5.56 Å². The first-order valence-corrected chi connectivity index (χ1v) is 7.71. The number of piperidine rings is 1. The molecule has 1 aromatic heterocycles. The number of pyridine rings is 1. The molecule has 122 valence electrons. The fourth-order valence-corrected chi connectivity index (χ4v) is 3.57. The van der Waals surface area contributed by atoms with Crippen molar-refractivity contribution < 1.29 is 4.79 Å². The van der Waals surface area contributed by atoms with Crippen LogP contribution in [-0.2, 0) is 11.3 Å². The van der Waals surface area contributed by atoms with Crippen LogP contribution in [0.5, 0.6) is 0 Å². The number of halogens is 1. The maximum atomic E-state index is 12.5. The summed E-state index contributed by atoms with van der Waals surface area (Å²) >= 11 is 0. The second kappa shape index (κ2) is 6.42. The van der Waals surface area contributed by atoms with Crippen molar-refractivity contribution in [2.75, 3.05) is 13.1 Å². The van der Waals surface area contributed by atoms with Crippen molar-refractivity contribution >= 4 is 18.3 Å². The Morgan fingerprint density at radius 2 is 2.00 bits per heavy atom. The van der Waals surface area contributed by atoms with Gasteiger partial charge in [-0.05, 0) is 24.3 Å². The van der Waals surface area contributed by atoms with Gasteiger partial charge in [-0.25, -0.2) is 0 Å². The van der Waals surface area contributed by atoms with Gasteiger partial charge in [-0.1, -0.05) is 19.9 Å². The summed E-state index contributed by atoms with van der Waals surface area (Å²) in [6.45, 7) is 6.06. The van der Waals surface area contributed by atoms with Gasteiger partial charge in [0.2, 0.25) is 5.91 Å². The number of aromatic nitrogens is 1. The molecule has 2 bridgehead atoms. The molecule has 1 saturated heterocycles. The van der Waals surface area contributed by atoms with Gasteiger partial charge in [0, 0.05) is 37.3 Å². The van der Waals surface area contributed by atoms with E-state index in [4.69, 9.17) is 5.73 Å². The van der Waals surface area contributed by atoms with E-state index in [1.54, 1.807) is 6.07 Å². The van der Waals surface area contributed by atoms with Gasteiger partial charge in [0.15, 0.2) is 0 Å². The number of rotatable bonds is 2. The molecular formula is C16H24ClN3O2. The van der Waals surface area contributed by atoms with Crippen LogP contribution in [0.15, 0.2) is 23.0 Å². The smallest absolute Gasteiger partial charge is 0.250 e. The molecule has 3 unspecified atom stereocenters. The van der Waals surface area contributed by atoms with Crippen molar-refractivity contribution in [3.63, 3.8) is 0 Å². The highest BCUT2D eigenvalue weighted by atomic mass is 35.5. The highest BCUT2D eigenvalue weighted by molar-refractivity contribution is 5.85. The van der Waals surface area contributed by atoms with Gasteiger partial charge in [-0.3, -0.25) is 9.59 Å². The van der Waals surface area contributed by atoms with Gasteiger partial charge >= 0.3 is 0 Å². The number of nitrogens with two attached hydrogens (primary N) is 1. The monoisotopic (exact) mass is 325 g/mol. The van der Waals surface area contributed by atoms with E-state index in [1.807, 2.05) is 35.4 Å². The first-order chi connectivity index (χ1) is 9.97. The Bertz CT molecular complexity index is 614. The maximum Gasteiger partial charge on any atom is 0.250 e. The minimum atomic E-state index is -0.429. The van der Waals surface area contributed by atoms with E-state index in [0.717, 1.165) is 18.7 Å². The minimum Gasteiger partial charge on any atom is -0.340 e. The largest absolute Gasteiger partial charge is 0.340 e. The molecule has 0 saturated carbocycles. The molecule has 22 heavy (non-hydrogen) atoms. The number of likely N-dealkylation sites (tertiary alicyclic amines) is 1. The summed E-state index contributed by atoms with van der Waals surface area (Å²) in [5.74, 6) is 0.815. The van der Waals surface area contributed by atoms with Gasteiger partial charge in [-0.2, -0.15) is 0 Å². The fourth-order valence-electron chi connectivity index (χ4n) is 3.57. The van der Waals surface area contributed by atoms with Crippen molar-refractivity contribution in [3.8, 4) is 0 Å². The Morgan fingerprint density at radius 1 is 1.27 bits per heavy atom. The Labute approximate surface area is 136 Å². The molecule has 3 rings (SSSR count). The first-order valence-electron chi connectivity index (χ1n) is 7.71. The van der Waals surface area contributed by atoms with Crippen LogP contribution in [-0.4, -0.2) is 34.5 Å². The molecule has 0 spiro atoms. The second-order valence-electron chi connectivity index (χ2n) is 6.71.